The Labute approximate surface area is 105 Å². The predicted molar refractivity (Wildman–Crippen MR) is 68.3 cm³/mol. The highest BCUT2D eigenvalue weighted by Gasteiger charge is 2.10. The van der Waals surface area contributed by atoms with Crippen LogP contribution in [0.5, 0.6) is 0 Å². The zero-order valence-electron chi connectivity index (χ0n) is 9.80. The summed E-state index contributed by atoms with van der Waals surface area (Å²) in [5, 5.41) is 13.3. The fourth-order valence-electron chi connectivity index (χ4n) is 1.42. The van der Waals surface area contributed by atoms with Crippen LogP contribution in [0.25, 0.3) is 0 Å². The molecule has 0 bridgehead atoms. The summed E-state index contributed by atoms with van der Waals surface area (Å²) in [7, 11) is 1.64. The fourth-order valence-corrected chi connectivity index (χ4v) is 2.17. The average molecular weight is 255 g/mol. The largest absolute Gasteiger partial charge is 0.409 e. The second kappa shape index (κ2) is 6.90. The topological polar surface area (TPSA) is 78.9 Å². The lowest BCUT2D eigenvalue weighted by molar-refractivity contribution is -0.129. The lowest BCUT2D eigenvalue weighted by atomic mass is 10.2. The van der Waals surface area contributed by atoms with Crippen LogP contribution in [0.15, 0.2) is 22.7 Å². The van der Waals surface area contributed by atoms with Crippen molar-refractivity contribution in [1.82, 2.24) is 4.90 Å². The summed E-state index contributed by atoms with van der Waals surface area (Å²) < 4.78 is 0. The van der Waals surface area contributed by atoms with E-state index >= 15 is 0 Å². The summed E-state index contributed by atoms with van der Waals surface area (Å²) in [6, 6.07) is 4.07. The molecule has 17 heavy (non-hydrogen) atoms. The highest BCUT2D eigenvalue weighted by Crippen LogP contribution is 2.12. The van der Waals surface area contributed by atoms with E-state index in [2.05, 4.69) is 11.2 Å². The molecule has 5 nitrogen and oxygen atoms in total. The number of aryl methyl sites for hydroxylation is 1. The lowest BCUT2D eigenvalue weighted by Gasteiger charge is -2.15. The van der Waals surface area contributed by atoms with E-state index in [1.807, 2.05) is 11.4 Å². The van der Waals surface area contributed by atoms with E-state index < -0.39 is 0 Å². The Balaban J connectivity index is 2.24. The first-order chi connectivity index (χ1) is 8.13. The first kappa shape index (κ1) is 13.5. The molecule has 1 aromatic rings. The molecule has 94 valence electrons. The van der Waals surface area contributed by atoms with Gasteiger partial charge in [0.25, 0.3) is 0 Å². The van der Waals surface area contributed by atoms with Crippen LogP contribution in [-0.2, 0) is 11.2 Å². The Kier molecular flexibility index (Phi) is 5.48. The fraction of sp³-hybridized carbons (Fsp3) is 0.455. The molecule has 1 aromatic heterocycles. The average Bonchev–Trinajstić information content (AvgIpc) is 2.81. The number of hydrogen-bond donors (Lipinski definition) is 2. The Morgan fingerprint density at radius 2 is 2.41 bits per heavy atom. The quantitative estimate of drug-likeness (QED) is 0.348. The van der Waals surface area contributed by atoms with Gasteiger partial charge in [-0.15, -0.1) is 11.3 Å². The number of likely N-dealkylation sites (N-methyl/N-ethyl adjacent to an activating group) is 1. The highest BCUT2D eigenvalue weighted by atomic mass is 32.1. The number of rotatable bonds is 6. The molecule has 1 amide bonds. The number of oxime groups is 1. The standard InChI is InChI=1S/C11H17N3O2S/c1-14(8-10(12)13-16)11(15)6-2-4-9-5-3-7-17-9/h3,5,7,16H,2,4,6,8H2,1H3,(H2,12,13). The second-order valence-corrected chi connectivity index (χ2v) is 4.81. The van der Waals surface area contributed by atoms with Gasteiger partial charge in [-0.2, -0.15) is 0 Å². The maximum Gasteiger partial charge on any atom is 0.222 e. The highest BCUT2D eigenvalue weighted by molar-refractivity contribution is 7.09. The van der Waals surface area contributed by atoms with Gasteiger partial charge < -0.3 is 15.8 Å². The van der Waals surface area contributed by atoms with Crippen molar-refractivity contribution >= 4 is 23.1 Å². The number of thiophene rings is 1. The van der Waals surface area contributed by atoms with Gasteiger partial charge in [-0.05, 0) is 24.3 Å². The molecule has 0 aliphatic rings. The first-order valence-corrected chi connectivity index (χ1v) is 6.24. The van der Waals surface area contributed by atoms with E-state index in [-0.39, 0.29) is 18.3 Å². The van der Waals surface area contributed by atoms with Crippen LogP contribution in [0.2, 0.25) is 0 Å². The van der Waals surface area contributed by atoms with E-state index in [0.717, 1.165) is 12.8 Å². The normalized spacial score (nSPS) is 11.5. The summed E-state index contributed by atoms with van der Waals surface area (Å²) in [5.74, 6) is 0.0484. The van der Waals surface area contributed by atoms with Gasteiger partial charge >= 0.3 is 0 Å². The first-order valence-electron chi connectivity index (χ1n) is 5.36. The SMILES string of the molecule is CN(CC(N)=NO)C(=O)CCCc1cccs1. The van der Waals surface area contributed by atoms with Crippen molar-refractivity contribution in [2.75, 3.05) is 13.6 Å². The van der Waals surface area contributed by atoms with Crippen LogP contribution in [0.4, 0.5) is 0 Å². The van der Waals surface area contributed by atoms with Gasteiger partial charge in [-0.3, -0.25) is 4.79 Å². The van der Waals surface area contributed by atoms with Gasteiger partial charge in [0, 0.05) is 18.3 Å². The number of carbonyl (C=O) groups is 1. The molecule has 0 fully saturated rings. The van der Waals surface area contributed by atoms with E-state index in [1.54, 1.807) is 18.4 Å². The van der Waals surface area contributed by atoms with Crippen LogP contribution >= 0.6 is 11.3 Å². The summed E-state index contributed by atoms with van der Waals surface area (Å²) in [5.41, 5.74) is 5.33. The Morgan fingerprint density at radius 3 is 3.00 bits per heavy atom. The van der Waals surface area contributed by atoms with E-state index in [0.29, 0.717) is 6.42 Å². The molecule has 0 unspecified atom stereocenters. The summed E-state index contributed by atoms with van der Waals surface area (Å²) >= 11 is 1.70. The van der Waals surface area contributed by atoms with E-state index in [1.165, 1.54) is 9.78 Å². The van der Waals surface area contributed by atoms with Crippen LogP contribution in [0, 0.1) is 0 Å². The van der Waals surface area contributed by atoms with Crippen molar-refractivity contribution in [2.45, 2.75) is 19.3 Å². The Morgan fingerprint density at radius 1 is 1.65 bits per heavy atom. The predicted octanol–water partition coefficient (Wildman–Crippen LogP) is 1.28. The molecule has 0 spiro atoms. The Bertz CT molecular complexity index is 376. The molecule has 0 aliphatic carbocycles. The molecule has 1 heterocycles. The van der Waals surface area contributed by atoms with Crippen molar-refractivity contribution < 1.29 is 10.0 Å². The van der Waals surface area contributed by atoms with E-state index in [4.69, 9.17) is 10.9 Å². The van der Waals surface area contributed by atoms with Gasteiger partial charge in [0.05, 0.1) is 6.54 Å². The molecule has 0 aromatic carbocycles. The molecule has 6 heteroatoms. The maximum absolute atomic E-state index is 11.7. The minimum Gasteiger partial charge on any atom is -0.409 e. The van der Waals surface area contributed by atoms with Crippen LogP contribution in [-0.4, -0.2) is 35.4 Å². The third-order valence-corrected chi connectivity index (χ3v) is 3.28. The molecule has 0 radical (unpaired) electrons. The summed E-state index contributed by atoms with van der Waals surface area (Å²) in [6.07, 6.45) is 2.22. The molecule has 1 rings (SSSR count). The van der Waals surface area contributed by atoms with Crippen LogP contribution in [0.3, 0.4) is 0 Å². The third-order valence-electron chi connectivity index (χ3n) is 2.35. The number of hydrogen-bond acceptors (Lipinski definition) is 4. The van der Waals surface area contributed by atoms with Gasteiger partial charge in [0.1, 0.15) is 0 Å². The summed E-state index contributed by atoms with van der Waals surface area (Å²) in [4.78, 5) is 14.4. The lowest BCUT2D eigenvalue weighted by Crippen LogP contribution is -2.35. The molecular weight excluding hydrogens is 238 g/mol. The third kappa shape index (κ3) is 4.86. The monoisotopic (exact) mass is 255 g/mol. The smallest absolute Gasteiger partial charge is 0.222 e. The number of carbonyl (C=O) groups excluding carboxylic acids is 1. The number of amidine groups is 1. The van der Waals surface area contributed by atoms with Crippen molar-refractivity contribution in [1.29, 1.82) is 0 Å². The number of amides is 1. The second-order valence-electron chi connectivity index (χ2n) is 3.77. The van der Waals surface area contributed by atoms with E-state index in [9.17, 15) is 4.79 Å². The minimum atomic E-state index is 0.00755. The molecule has 0 aliphatic heterocycles. The zero-order chi connectivity index (χ0) is 12.7. The van der Waals surface area contributed by atoms with Crippen molar-refractivity contribution in [3.05, 3.63) is 22.4 Å². The number of nitrogens with zero attached hydrogens (tertiary/aromatic N) is 2. The Hall–Kier alpha value is -1.56. The van der Waals surface area contributed by atoms with Crippen molar-refractivity contribution in [2.24, 2.45) is 10.9 Å². The van der Waals surface area contributed by atoms with Crippen LogP contribution < -0.4 is 5.73 Å². The van der Waals surface area contributed by atoms with Crippen LogP contribution in [0.1, 0.15) is 17.7 Å². The van der Waals surface area contributed by atoms with Gasteiger partial charge in [0.2, 0.25) is 5.91 Å². The molecule has 0 atom stereocenters. The molecular formula is C11H17N3O2S. The van der Waals surface area contributed by atoms with Crippen molar-refractivity contribution in [3.63, 3.8) is 0 Å². The molecule has 0 saturated carbocycles. The minimum absolute atomic E-state index is 0.00755. The van der Waals surface area contributed by atoms with Gasteiger partial charge in [0.15, 0.2) is 5.84 Å². The maximum atomic E-state index is 11.7. The molecule has 0 saturated heterocycles. The molecule has 3 N–H and O–H groups in total. The van der Waals surface area contributed by atoms with Gasteiger partial charge in [-0.25, -0.2) is 0 Å². The van der Waals surface area contributed by atoms with Gasteiger partial charge in [-0.1, -0.05) is 11.2 Å². The number of nitrogens with two attached hydrogens (primary N) is 1. The zero-order valence-corrected chi connectivity index (χ0v) is 10.6. The van der Waals surface area contributed by atoms with Crippen molar-refractivity contribution in [3.8, 4) is 0 Å². The summed E-state index contributed by atoms with van der Waals surface area (Å²) in [6.45, 7) is 0.161.